The Kier molecular flexibility index (Phi) is 5.78. The first-order valence-electron chi connectivity index (χ1n) is 15.6. The lowest BCUT2D eigenvalue weighted by atomic mass is 9.81. The summed E-state index contributed by atoms with van der Waals surface area (Å²) in [5.41, 5.74) is 11.3. The highest BCUT2D eigenvalue weighted by Gasteiger charge is 2.39. The van der Waals surface area contributed by atoms with Gasteiger partial charge in [-0.05, 0) is 80.6 Å². The van der Waals surface area contributed by atoms with E-state index in [0.717, 1.165) is 5.69 Å². The van der Waals surface area contributed by atoms with Crippen molar-refractivity contribution in [1.29, 1.82) is 0 Å². The Labute approximate surface area is 267 Å². The first-order chi connectivity index (χ1) is 22.1. The number of rotatable bonds is 4. The summed E-state index contributed by atoms with van der Waals surface area (Å²) < 4.78 is 2.62. The number of nitrogens with zero attached hydrogens (tertiary/aromatic N) is 1. The number of thiophene rings is 1. The Morgan fingerprint density at radius 1 is 0.511 bits per heavy atom. The lowest BCUT2D eigenvalue weighted by Gasteiger charge is -2.33. The molecule has 1 aliphatic carbocycles. The van der Waals surface area contributed by atoms with Gasteiger partial charge in [0.1, 0.15) is 0 Å². The van der Waals surface area contributed by atoms with Crippen LogP contribution in [0.4, 0.5) is 17.1 Å². The van der Waals surface area contributed by atoms with Crippen molar-refractivity contribution in [3.05, 3.63) is 163 Å². The molecule has 7 aromatic carbocycles. The van der Waals surface area contributed by atoms with Crippen LogP contribution in [-0.4, -0.2) is 0 Å². The quantitative estimate of drug-likeness (QED) is 0.196. The molecule has 1 nitrogen and oxygen atoms in total. The number of hydrogen-bond acceptors (Lipinski definition) is 2. The molecule has 1 aromatic heterocycles. The summed E-state index contributed by atoms with van der Waals surface area (Å²) in [6.07, 6.45) is 0. The van der Waals surface area contributed by atoms with Gasteiger partial charge < -0.3 is 4.90 Å². The number of fused-ring (bicyclic) bond motifs is 7. The number of hydrogen-bond donors (Lipinski definition) is 0. The van der Waals surface area contributed by atoms with E-state index in [1.165, 1.54) is 75.7 Å². The molecule has 0 unspecified atom stereocenters. The van der Waals surface area contributed by atoms with Gasteiger partial charge in [0.25, 0.3) is 0 Å². The van der Waals surface area contributed by atoms with Crippen LogP contribution in [-0.2, 0) is 5.41 Å². The van der Waals surface area contributed by atoms with Gasteiger partial charge in [0.05, 0.1) is 11.4 Å². The standard InChI is InChI=1S/C43H31NS/c1-43(2)36-22-7-5-18-33(36)34-21-11-24-38(42(34)43)44(37-23-12-26-40-41(37)35-19-6-8-25-39(35)45-40)30-16-9-15-29(27-30)32-20-10-14-28-13-3-4-17-31(28)32/h3-27H,1-2H3. The minimum Gasteiger partial charge on any atom is -0.309 e. The molecule has 2 heteroatoms. The monoisotopic (exact) mass is 593 g/mol. The zero-order valence-corrected chi connectivity index (χ0v) is 26.1. The van der Waals surface area contributed by atoms with Crippen LogP contribution < -0.4 is 4.90 Å². The molecule has 0 aliphatic heterocycles. The van der Waals surface area contributed by atoms with Crippen molar-refractivity contribution in [2.75, 3.05) is 4.90 Å². The topological polar surface area (TPSA) is 3.24 Å². The van der Waals surface area contributed by atoms with Gasteiger partial charge in [-0.2, -0.15) is 0 Å². The molecule has 0 radical (unpaired) electrons. The average Bonchev–Trinajstić information content (AvgIpc) is 3.58. The zero-order valence-electron chi connectivity index (χ0n) is 25.3. The molecule has 0 bridgehead atoms. The molecule has 214 valence electrons. The van der Waals surface area contributed by atoms with Crippen molar-refractivity contribution in [2.24, 2.45) is 0 Å². The van der Waals surface area contributed by atoms with Gasteiger partial charge in [-0.25, -0.2) is 0 Å². The van der Waals surface area contributed by atoms with E-state index in [-0.39, 0.29) is 5.41 Å². The molecule has 0 spiro atoms. The number of benzene rings is 7. The molecular formula is C43H31NS. The van der Waals surface area contributed by atoms with E-state index < -0.39 is 0 Å². The minimum atomic E-state index is -0.154. The predicted octanol–water partition coefficient (Wildman–Crippen LogP) is 12.7. The SMILES string of the molecule is CC1(C)c2ccccc2-c2cccc(N(c3cccc(-c4cccc5ccccc45)c3)c3cccc4sc5ccccc5c34)c21. The van der Waals surface area contributed by atoms with Crippen molar-refractivity contribution in [3.8, 4) is 22.3 Å². The van der Waals surface area contributed by atoms with E-state index in [9.17, 15) is 0 Å². The summed E-state index contributed by atoms with van der Waals surface area (Å²) >= 11 is 1.87. The van der Waals surface area contributed by atoms with Crippen molar-refractivity contribution < 1.29 is 0 Å². The normalized spacial score (nSPS) is 13.3. The predicted molar refractivity (Wildman–Crippen MR) is 195 cm³/mol. The minimum absolute atomic E-state index is 0.154. The molecule has 0 fully saturated rings. The molecule has 0 atom stereocenters. The largest absolute Gasteiger partial charge is 0.309 e. The summed E-state index contributed by atoms with van der Waals surface area (Å²) in [5, 5.41) is 5.14. The first kappa shape index (κ1) is 26.2. The molecule has 1 aliphatic rings. The second-order valence-corrected chi connectivity index (χ2v) is 13.6. The summed E-state index contributed by atoms with van der Waals surface area (Å²) in [5.74, 6) is 0. The van der Waals surface area contributed by atoms with Crippen molar-refractivity contribution in [3.63, 3.8) is 0 Å². The Morgan fingerprint density at radius 3 is 2.09 bits per heavy atom. The molecule has 0 amide bonds. The van der Waals surface area contributed by atoms with Crippen LogP contribution in [0.3, 0.4) is 0 Å². The van der Waals surface area contributed by atoms with Crippen LogP contribution in [0.2, 0.25) is 0 Å². The lowest BCUT2D eigenvalue weighted by molar-refractivity contribution is 0.661. The van der Waals surface area contributed by atoms with E-state index in [0.29, 0.717) is 0 Å². The highest BCUT2D eigenvalue weighted by molar-refractivity contribution is 7.26. The van der Waals surface area contributed by atoms with Gasteiger partial charge in [0.15, 0.2) is 0 Å². The zero-order chi connectivity index (χ0) is 30.1. The molecule has 0 saturated carbocycles. The van der Waals surface area contributed by atoms with E-state index in [4.69, 9.17) is 0 Å². The van der Waals surface area contributed by atoms with E-state index in [1.807, 2.05) is 11.3 Å². The summed E-state index contributed by atoms with van der Waals surface area (Å²) in [6, 6.07) is 55.8. The lowest BCUT2D eigenvalue weighted by Crippen LogP contribution is -2.20. The van der Waals surface area contributed by atoms with Crippen molar-refractivity contribution in [1.82, 2.24) is 0 Å². The van der Waals surface area contributed by atoms with Crippen LogP contribution in [0, 0.1) is 0 Å². The Balaban J connectivity index is 1.35. The first-order valence-corrected chi connectivity index (χ1v) is 16.4. The second kappa shape index (κ2) is 9.92. The molecule has 45 heavy (non-hydrogen) atoms. The third kappa shape index (κ3) is 3.92. The highest BCUT2D eigenvalue weighted by Crippen LogP contribution is 2.55. The van der Waals surface area contributed by atoms with E-state index in [2.05, 4.69) is 170 Å². The van der Waals surface area contributed by atoms with Gasteiger partial charge in [-0.1, -0.05) is 129 Å². The maximum absolute atomic E-state index is 2.53. The van der Waals surface area contributed by atoms with Crippen LogP contribution in [0.1, 0.15) is 25.0 Å². The molecular weight excluding hydrogens is 563 g/mol. The average molecular weight is 594 g/mol. The van der Waals surface area contributed by atoms with Crippen LogP contribution in [0.25, 0.3) is 53.2 Å². The molecule has 1 heterocycles. The van der Waals surface area contributed by atoms with Crippen LogP contribution in [0.5, 0.6) is 0 Å². The van der Waals surface area contributed by atoms with Gasteiger partial charge in [0, 0.05) is 31.3 Å². The Hall–Kier alpha value is -5.18. The fourth-order valence-corrected chi connectivity index (χ4v) is 8.77. The van der Waals surface area contributed by atoms with E-state index in [1.54, 1.807) is 0 Å². The smallest absolute Gasteiger partial charge is 0.0554 e. The summed E-state index contributed by atoms with van der Waals surface area (Å²) in [4.78, 5) is 2.53. The van der Waals surface area contributed by atoms with Crippen molar-refractivity contribution in [2.45, 2.75) is 19.3 Å². The Morgan fingerprint density at radius 2 is 1.16 bits per heavy atom. The fraction of sp³-hybridized carbons (Fsp3) is 0.0698. The molecule has 9 rings (SSSR count). The third-order valence-corrected chi connectivity index (χ3v) is 10.8. The van der Waals surface area contributed by atoms with E-state index >= 15 is 0 Å². The van der Waals surface area contributed by atoms with Gasteiger partial charge in [-0.3, -0.25) is 0 Å². The fourth-order valence-electron chi connectivity index (χ4n) is 7.65. The second-order valence-electron chi connectivity index (χ2n) is 12.5. The maximum atomic E-state index is 2.53. The highest BCUT2D eigenvalue weighted by atomic mass is 32.1. The molecule has 0 saturated heterocycles. The maximum Gasteiger partial charge on any atom is 0.0554 e. The number of anilines is 3. The van der Waals surface area contributed by atoms with Crippen LogP contribution in [0.15, 0.2) is 152 Å². The summed E-state index contributed by atoms with van der Waals surface area (Å²) in [7, 11) is 0. The van der Waals surface area contributed by atoms with Crippen molar-refractivity contribution >= 4 is 59.3 Å². The summed E-state index contributed by atoms with van der Waals surface area (Å²) in [6.45, 7) is 4.76. The van der Waals surface area contributed by atoms with Crippen LogP contribution >= 0.6 is 11.3 Å². The Bertz CT molecular complexity index is 2420. The van der Waals surface area contributed by atoms with Gasteiger partial charge >= 0.3 is 0 Å². The van der Waals surface area contributed by atoms with Gasteiger partial charge in [0.2, 0.25) is 0 Å². The van der Waals surface area contributed by atoms with Gasteiger partial charge in [-0.15, -0.1) is 11.3 Å². The molecule has 0 N–H and O–H groups in total. The molecule has 8 aromatic rings. The third-order valence-electron chi connectivity index (χ3n) is 9.63.